The van der Waals surface area contributed by atoms with E-state index in [-0.39, 0.29) is 0 Å². The molecule has 0 saturated carbocycles. The molecule has 1 aliphatic rings. The molecule has 0 amide bonds. The van der Waals surface area contributed by atoms with Gasteiger partial charge in [-0.2, -0.15) is 0 Å². The van der Waals surface area contributed by atoms with Crippen molar-refractivity contribution in [2.45, 2.75) is 31.8 Å². The molecular formula is C16H26N2O. The van der Waals surface area contributed by atoms with Gasteiger partial charge in [-0.3, -0.25) is 4.90 Å². The smallest absolute Gasteiger partial charge is 0.0462 e. The molecule has 1 N–H and O–H groups in total. The van der Waals surface area contributed by atoms with Gasteiger partial charge < -0.3 is 10.1 Å². The van der Waals surface area contributed by atoms with Gasteiger partial charge in [0.1, 0.15) is 0 Å². The first-order valence-electron chi connectivity index (χ1n) is 7.32. The third-order valence-electron chi connectivity index (χ3n) is 3.95. The van der Waals surface area contributed by atoms with Gasteiger partial charge in [0.25, 0.3) is 0 Å². The van der Waals surface area contributed by atoms with E-state index in [9.17, 15) is 0 Å². The minimum atomic E-state index is 0.472. The fraction of sp³-hybridized carbons (Fsp3) is 0.625. The zero-order valence-corrected chi connectivity index (χ0v) is 12.1. The summed E-state index contributed by atoms with van der Waals surface area (Å²) in [6, 6.07) is 11.9. The highest BCUT2D eigenvalue weighted by molar-refractivity contribution is 5.20. The van der Waals surface area contributed by atoms with E-state index in [2.05, 4.69) is 47.5 Å². The molecule has 1 aliphatic heterocycles. The van der Waals surface area contributed by atoms with Crippen molar-refractivity contribution < 1.29 is 4.74 Å². The molecule has 0 spiro atoms. The molecular weight excluding hydrogens is 236 g/mol. The van der Waals surface area contributed by atoms with Crippen LogP contribution in [0, 0.1) is 0 Å². The Kier molecular flexibility index (Phi) is 5.83. The predicted molar refractivity (Wildman–Crippen MR) is 79.3 cm³/mol. The van der Waals surface area contributed by atoms with E-state index in [1.165, 1.54) is 18.5 Å². The summed E-state index contributed by atoms with van der Waals surface area (Å²) in [4.78, 5) is 2.60. The van der Waals surface area contributed by atoms with Gasteiger partial charge in [-0.15, -0.1) is 0 Å². The number of nitrogens with one attached hydrogen (secondary N) is 1. The third kappa shape index (κ3) is 4.30. The van der Waals surface area contributed by atoms with Crippen molar-refractivity contribution in [3.8, 4) is 0 Å². The highest BCUT2D eigenvalue weighted by atomic mass is 16.5. The van der Waals surface area contributed by atoms with Gasteiger partial charge in [-0.25, -0.2) is 0 Å². The molecule has 106 valence electrons. The molecule has 1 heterocycles. The van der Waals surface area contributed by atoms with Crippen LogP contribution in [0.4, 0.5) is 0 Å². The van der Waals surface area contributed by atoms with Gasteiger partial charge in [-0.1, -0.05) is 30.3 Å². The Balaban J connectivity index is 1.85. The lowest BCUT2D eigenvalue weighted by atomic mass is 10.0. The number of benzene rings is 1. The summed E-state index contributed by atoms with van der Waals surface area (Å²) in [6.07, 6.45) is 2.38. The van der Waals surface area contributed by atoms with E-state index >= 15 is 0 Å². The average Bonchev–Trinajstić information content (AvgIpc) is 2.46. The average molecular weight is 262 g/mol. The largest absolute Gasteiger partial charge is 0.385 e. The van der Waals surface area contributed by atoms with E-state index < -0.39 is 0 Å². The Morgan fingerprint density at radius 1 is 1.26 bits per heavy atom. The quantitative estimate of drug-likeness (QED) is 0.797. The van der Waals surface area contributed by atoms with Crippen LogP contribution in [0.25, 0.3) is 0 Å². The standard InChI is InChI=1S/C16H26N2O/c1-14-12-17-16(15-8-4-3-5-9-15)13-18(14)10-6-7-11-19-2/h3-5,8-9,14,16-17H,6-7,10-13H2,1-2H3. The number of hydrogen-bond donors (Lipinski definition) is 1. The number of ether oxygens (including phenoxy) is 1. The summed E-state index contributed by atoms with van der Waals surface area (Å²) in [5.41, 5.74) is 1.40. The lowest BCUT2D eigenvalue weighted by molar-refractivity contribution is 0.130. The van der Waals surface area contributed by atoms with Crippen molar-refractivity contribution in [3.63, 3.8) is 0 Å². The van der Waals surface area contributed by atoms with Gasteiger partial charge in [-0.05, 0) is 31.9 Å². The molecule has 19 heavy (non-hydrogen) atoms. The van der Waals surface area contributed by atoms with E-state index in [1.807, 2.05) is 0 Å². The van der Waals surface area contributed by atoms with Crippen molar-refractivity contribution in [2.24, 2.45) is 0 Å². The lowest BCUT2D eigenvalue weighted by Gasteiger charge is -2.39. The molecule has 2 unspecified atom stereocenters. The summed E-state index contributed by atoms with van der Waals surface area (Å²) in [5.74, 6) is 0. The number of piperazine rings is 1. The van der Waals surface area contributed by atoms with Crippen LogP contribution in [-0.2, 0) is 4.74 Å². The molecule has 2 atom stereocenters. The molecule has 1 saturated heterocycles. The highest BCUT2D eigenvalue weighted by Gasteiger charge is 2.25. The Hall–Kier alpha value is -0.900. The van der Waals surface area contributed by atoms with Crippen LogP contribution in [0.5, 0.6) is 0 Å². The first kappa shape index (κ1) is 14.5. The van der Waals surface area contributed by atoms with Gasteiger partial charge in [0.2, 0.25) is 0 Å². The molecule has 3 heteroatoms. The summed E-state index contributed by atoms with van der Waals surface area (Å²) in [6.45, 7) is 6.55. The number of methoxy groups -OCH3 is 1. The lowest BCUT2D eigenvalue weighted by Crippen LogP contribution is -2.51. The summed E-state index contributed by atoms with van der Waals surface area (Å²) < 4.78 is 5.12. The fourth-order valence-electron chi connectivity index (χ4n) is 2.70. The minimum absolute atomic E-state index is 0.472. The minimum Gasteiger partial charge on any atom is -0.385 e. The third-order valence-corrected chi connectivity index (χ3v) is 3.95. The van der Waals surface area contributed by atoms with Crippen molar-refractivity contribution in [1.29, 1.82) is 0 Å². The Morgan fingerprint density at radius 2 is 2.05 bits per heavy atom. The summed E-state index contributed by atoms with van der Waals surface area (Å²) in [5, 5.41) is 3.65. The van der Waals surface area contributed by atoms with Gasteiger partial charge in [0.05, 0.1) is 0 Å². The van der Waals surface area contributed by atoms with Crippen molar-refractivity contribution in [3.05, 3.63) is 35.9 Å². The van der Waals surface area contributed by atoms with E-state index in [0.29, 0.717) is 12.1 Å². The monoisotopic (exact) mass is 262 g/mol. The molecule has 0 aliphatic carbocycles. The van der Waals surface area contributed by atoms with Gasteiger partial charge >= 0.3 is 0 Å². The summed E-state index contributed by atoms with van der Waals surface area (Å²) >= 11 is 0. The van der Waals surface area contributed by atoms with Gasteiger partial charge in [0, 0.05) is 38.9 Å². The van der Waals surface area contributed by atoms with Crippen LogP contribution in [-0.4, -0.2) is 44.3 Å². The topological polar surface area (TPSA) is 24.5 Å². The Morgan fingerprint density at radius 3 is 2.79 bits per heavy atom. The number of hydrogen-bond acceptors (Lipinski definition) is 3. The maximum Gasteiger partial charge on any atom is 0.0462 e. The molecule has 0 radical (unpaired) electrons. The van der Waals surface area contributed by atoms with Crippen LogP contribution >= 0.6 is 0 Å². The fourth-order valence-corrected chi connectivity index (χ4v) is 2.70. The van der Waals surface area contributed by atoms with Crippen LogP contribution in [0.15, 0.2) is 30.3 Å². The zero-order chi connectivity index (χ0) is 13.5. The maximum absolute atomic E-state index is 5.12. The number of nitrogens with zero attached hydrogens (tertiary/aromatic N) is 1. The second-order valence-corrected chi connectivity index (χ2v) is 5.42. The molecule has 1 fully saturated rings. The second-order valence-electron chi connectivity index (χ2n) is 5.42. The Bertz CT molecular complexity index is 355. The molecule has 3 nitrogen and oxygen atoms in total. The summed E-state index contributed by atoms with van der Waals surface area (Å²) in [7, 11) is 1.78. The van der Waals surface area contributed by atoms with Crippen LogP contribution in [0.2, 0.25) is 0 Å². The SMILES string of the molecule is COCCCCN1CC(c2ccccc2)NCC1C. The molecule has 0 bridgehead atoms. The van der Waals surface area contributed by atoms with Crippen LogP contribution < -0.4 is 5.32 Å². The molecule has 1 aromatic carbocycles. The van der Waals surface area contributed by atoms with Gasteiger partial charge in [0.15, 0.2) is 0 Å². The second kappa shape index (κ2) is 7.63. The molecule has 1 aromatic rings. The van der Waals surface area contributed by atoms with E-state index in [0.717, 1.165) is 26.1 Å². The first-order chi connectivity index (χ1) is 9.31. The zero-order valence-electron chi connectivity index (χ0n) is 12.1. The van der Waals surface area contributed by atoms with E-state index in [4.69, 9.17) is 4.74 Å². The van der Waals surface area contributed by atoms with Crippen molar-refractivity contribution in [1.82, 2.24) is 10.2 Å². The van der Waals surface area contributed by atoms with Crippen LogP contribution in [0.3, 0.4) is 0 Å². The number of unbranched alkanes of at least 4 members (excludes halogenated alkanes) is 1. The Labute approximate surface area is 116 Å². The maximum atomic E-state index is 5.12. The predicted octanol–water partition coefficient (Wildman–Crippen LogP) is 2.45. The van der Waals surface area contributed by atoms with Crippen molar-refractivity contribution >= 4 is 0 Å². The van der Waals surface area contributed by atoms with E-state index in [1.54, 1.807) is 7.11 Å². The number of rotatable bonds is 6. The molecule has 2 rings (SSSR count). The normalized spacial score (nSPS) is 24.5. The molecule has 0 aromatic heterocycles. The van der Waals surface area contributed by atoms with Crippen LogP contribution in [0.1, 0.15) is 31.4 Å². The van der Waals surface area contributed by atoms with Crippen molar-refractivity contribution in [2.75, 3.05) is 33.4 Å². The first-order valence-corrected chi connectivity index (χ1v) is 7.32. The highest BCUT2D eigenvalue weighted by Crippen LogP contribution is 2.19.